The number of carbonyl (C=O) groups excluding carboxylic acids is 1. The number of nitrogens with one attached hydrogen (secondary N) is 2. The Labute approximate surface area is 133 Å². The molecule has 0 saturated heterocycles. The van der Waals surface area contributed by atoms with E-state index in [4.69, 9.17) is 11.6 Å². The van der Waals surface area contributed by atoms with Crippen LogP contribution in [-0.4, -0.2) is 15.9 Å². The van der Waals surface area contributed by atoms with Crippen LogP contribution in [0.4, 0.5) is 0 Å². The van der Waals surface area contributed by atoms with Gasteiger partial charge in [-0.25, -0.2) is 4.98 Å². The van der Waals surface area contributed by atoms with Crippen molar-refractivity contribution in [2.45, 2.75) is 19.4 Å². The third kappa shape index (κ3) is 3.12. The smallest absolute Gasteiger partial charge is 0.225 e. The molecule has 2 aromatic carbocycles. The zero-order chi connectivity index (χ0) is 15.5. The number of aromatic amines is 1. The number of fused-ring (bicyclic) bond motifs is 1. The van der Waals surface area contributed by atoms with Gasteiger partial charge in [-0.05, 0) is 30.7 Å². The van der Waals surface area contributed by atoms with Crippen LogP contribution in [0.15, 0.2) is 48.5 Å². The number of carbonyl (C=O) groups is 1. The Bertz CT molecular complexity index is 779. The van der Waals surface area contributed by atoms with E-state index >= 15 is 0 Å². The zero-order valence-corrected chi connectivity index (χ0v) is 12.9. The maximum absolute atomic E-state index is 12.2. The molecule has 3 aromatic rings. The number of amides is 1. The van der Waals surface area contributed by atoms with Crippen molar-refractivity contribution in [2.24, 2.45) is 0 Å². The lowest BCUT2D eigenvalue weighted by molar-refractivity contribution is -0.121. The van der Waals surface area contributed by atoms with Crippen molar-refractivity contribution in [1.82, 2.24) is 15.3 Å². The van der Waals surface area contributed by atoms with Gasteiger partial charge in [-0.3, -0.25) is 4.79 Å². The molecule has 0 radical (unpaired) electrons. The monoisotopic (exact) mass is 313 g/mol. The minimum Gasteiger partial charge on any atom is -0.346 e. The van der Waals surface area contributed by atoms with E-state index in [1.807, 2.05) is 49.4 Å². The second kappa shape index (κ2) is 6.20. The van der Waals surface area contributed by atoms with Gasteiger partial charge in [-0.1, -0.05) is 41.9 Å². The molecule has 0 spiro atoms. The summed E-state index contributed by atoms with van der Waals surface area (Å²) in [5, 5.41) is 3.55. The Balaban J connectivity index is 1.69. The minimum absolute atomic E-state index is 0.0824. The highest BCUT2D eigenvalue weighted by atomic mass is 35.5. The molecule has 2 N–H and O–H groups in total. The summed E-state index contributed by atoms with van der Waals surface area (Å²) in [5.74, 6) is 0.662. The van der Waals surface area contributed by atoms with E-state index in [0.717, 1.165) is 22.4 Å². The lowest BCUT2D eigenvalue weighted by Gasteiger charge is -2.12. The highest BCUT2D eigenvalue weighted by Crippen LogP contribution is 2.17. The van der Waals surface area contributed by atoms with Crippen molar-refractivity contribution in [1.29, 1.82) is 0 Å². The van der Waals surface area contributed by atoms with Crippen LogP contribution in [0.25, 0.3) is 11.0 Å². The fourth-order valence-corrected chi connectivity index (χ4v) is 2.56. The number of H-pyrrole nitrogens is 1. The SMILES string of the molecule is C[C@@H](NC(=O)Cc1ccccc1Cl)c1nc2ccccc2[nH]1. The van der Waals surface area contributed by atoms with Crippen molar-refractivity contribution in [3.63, 3.8) is 0 Å². The predicted octanol–water partition coefficient (Wildman–Crippen LogP) is 3.64. The van der Waals surface area contributed by atoms with E-state index in [-0.39, 0.29) is 18.4 Å². The number of hydrogen-bond acceptors (Lipinski definition) is 2. The number of rotatable bonds is 4. The molecule has 5 heteroatoms. The van der Waals surface area contributed by atoms with Crippen LogP contribution in [0.3, 0.4) is 0 Å². The Morgan fingerprint density at radius 3 is 2.73 bits per heavy atom. The van der Waals surface area contributed by atoms with Crippen molar-refractivity contribution in [2.75, 3.05) is 0 Å². The molecule has 0 bridgehead atoms. The molecule has 4 nitrogen and oxygen atoms in total. The first-order valence-electron chi connectivity index (χ1n) is 7.11. The summed E-state index contributed by atoms with van der Waals surface area (Å²) in [4.78, 5) is 19.9. The van der Waals surface area contributed by atoms with Crippen LogP contribution in [0, 0.1) is 0 Å². The zero-order valence-electron chi connectivity index (χ0n) is 12.1. The molecule has 22 heavy (non-hydrogen) atoms. The number of halogens is 1. The first-order chi connectivity index (χ1) is 10.6. The molecule has 0 unspecified atom stereocenters. The molecular formula is C17H16ClN3O. The molecule has 0 fully saturated rings. The minimum atomic E-state index is -0.192. The van der Waals surface area contributed by atoms with Crippen molar-refractivity contribution in [3.05, 3.63) is 64.9 Å². The summed E-state index contributed by atoms with van der Waals surface area (Å²) in [6, 6.07) is 15.0. The summed E-state index contributed by atoms with van der Waals surface area (Å²) in [7, 11) is 0. The van der Waals surface area contributed by atoms with Crippen LogP contribution in [-0.2, 0) is 11.2 Å². The lowest BCUT2D eigenvalue weighted by Crippen LogP contribution is -2.28. The second-order valence-corrected chi connectivity index (χ2v) is 5.60. The van der Waals surface area contributed by atoms with Gasteiger partial charge in [0, 0.05) is 5.02 Å². The fraction of sp³-hybridized carbons (Fsp3) is 0.176. The van der Waals surface area contributed by atoms with E-state index in [9.17, 15) is 4.79 Å². The molecule has 112 valence electrons. The highest BCUT2D eigenvalue weighted by Gasteiger charge is 2.14. The number of benzene rings is 2. The molecular weight excluding hydrogens is 298 g/mol. The Morgan fingerprint density at radius 1 is 1.23 bits per heavy atom. The summed E-state index contributed by atoms with van der Waals surface area (Å²) >= 11 is 6.08. The topological polar surface area (TPSA) is 57.8 Å². The third-order valence-electron chi connectivity index (χ3n) is 3.50. The highest BCUT2D eigenvalue weighted by molar-refractivity contribution is 6.31. The quantitative estimate of drug-likeness (QED) is 0.772. The predicted molar refractivity (Wildman–Crippen MR) is 87.8 cm³/mol. The lowest BCUT2D eigenvalue weighted by atomic mass is 10.1. The van der Waals surface area contributed by atoms with Gasteiger partial charge in [0.1, 0.15) is 5.82 Å². The van der Waals surface area contributed by atoms with E-state index < -0.39 is 0 Å². The number of para-hydroxylation sites is 2. The van der Waals surface area contributed by atoms with Gasteiger partial charge in [0.15, 0.2) is 0 Å². The van der Waals surface area contributed by atoms with E-state index in [1.54, 1.807) is 6.07 Å². The van der Waals surface area contributed by atoms with Gasteiger partial charge in [0.2, 0.25) is 5.91 Å². The summed E-state index contributed by atoms with van der Waals surface area (Å²) < 4.78 is 0. The van der Waals surface area contributed by atoms with E-state index in [0.29, 0.717) is 5.02 Å². The second-order valence-electron chi connectivity index (χ2n) is 5.20. The Hall–Kier alpha value is -2.33. The average Bonchev–Trinajstić information content (AvgIpc) is 2.93. The Kier molecular flexibility index (Phi) is 4.11. The van der Waals surface area contributed by atoms with Crippen LogP contribution >= 0.6 is 11.6 Å². The molecule has 0 aliphatic carbocycles. The largest absolute Gasteiger partial charge is 0.346 e. The van der Waals surface area contributed by atoms with Gasteiger partial charge in [-0.15, -0.1) is 0 Å². The van der Waals surface area contributed by atoms with E-state index in [2.05, 4.69) is 15.3 Å². The van der Waals surface area contributed by atoms with Crippen molar-refractivity contribution >= 4 is 28.5 Å². The number of nitrogens with zero attached hydrogens (tertiary/aromatic N) is 1. The Morgan fingerprint density at radius 2 is 1.95 bits per heavy atom. The molecule has 1 atom stereocenters. The van der Waals surface area contributed by atoms with Crippen molar-refractivity contribution < 1.29 is 4.79 Å². The normalized spacial score (nSPS) is 12.3. The first kappa shape index (κ1) is 14.6. The number of hydrogen-bond donors (Lipinski definition) is 2. The van der Waals surface area contributed by atoms with Gasteiger partial charge < -0.3 is 10.3 Å². The van der Waals surface area contributed by atoms with Crippen LogP contribution in [0.2, 0.25) is 5.02 Å². The summed E-state index contributed by atoms with van der Waals surface area (Å²) in [6.45, 7) is 1.90. The fourth-order valence-electron chi connectivity index (χ4n) is 2.35. The first-order valence-corrected chi connectivity index (χ1v) is 7.48. The maximum Gasteiger partial charge on any atom is 0.225 e. The summed E-state index contributed by atoms with van der Waals surface area (Å²) in [5.41, 5.74) is 2.67. The summed E-state index contributed by atoms with van der Waals surface area (Å²) in [6.07, 6.45) is 0.254. The number of imidazole rings is 1. The van der Waals surface area contributed by atoms with Gasteiger partial charge in [0.05, 0.1) is 23.5 Å². The van der Waals surface area contributed by atoms with Gasteiger partial charge >= 0.3 is 0 Å². The molecule has 0 aliphatic heterocycles. The van der Waals surface area contributed by atoms with Gasteiger partial charge in [-0.2, -0.15) is 0 Å². The van der Waals surface area contributed by atoms with Crippen LogP contribution < -0.4 is 5.32 Å². The molecule has 1 aromatic heterocycles. The average molecular weight is 314 g/mol. The van der Waals surface area contributed by atoms with E-state index in [1.165, 1.54) is 0 Å². The molecule has 0 saturated carbocycles. The van der Waals surface area contributed by atoms with Gasteiger partial charge in [0.25, 0.3) is 0 Å². The molecule has 1 heterocycles. The molecule has 1 amide bonds. The van der Waals surface area contributed by atoms with Crippen molar-refractivity contribution in [3.8, 4) is 0 Å². The molecule has 0 aliphatic rings. The third-order valence-corrected chi connectivity index (χ3v) is 3.87. The standard InChI is InChI=1S/C17H16ClN3O/c1-11(17-20-14-8-4-5-9-15(14)21-17)19-16(22)10-12-6-2-3-7-13(12)18/h2-9,11H,10H2,1H3,(H,19,22)(H,20,21)/t11-/m1/s1. The van der Waals surface area contributed by atoms with Crippen LogP contribution in [0.5, 0.6) is 0 Å². The molecule has 3 rings (SSSR count). The van der Waals surface area contributed by atoms with Crippen LogP contribution in [0.1, 0.15) is 24.4 Å². The number of aromatic nitrogens is 2. The maximum atomic E-state index is 12.2.